The van der Waals surface area contributed by atoms with E-state index >= 15 is 0 Å². The van der Waals surface area contributed by atoms with Gasteiger partial charge in [-0.1, -0.05) is 11.2 Å². The van der Waals surface area contributed by atoms with E-state index in [9.17, 15) is 0 Å². The van der Waals surface area contributed by atoms with Crippen LogP contribution >= 0.6 is 0 Å². The Balaban J connectivity index is 2.15. The van der Waals surface area contributed by atoms with Crippen molar-refractivity contribution in [3.05, 3.63) is 47.6 Å². The Morgan fingerprint density at radius 3 is 2.79 bits per heavy atom. The summed E-state index contributed by atoms with van der Waals surface area (Å²) in [6.45, 7) is 4.58. The van der Waals surface area contributed by atoms with Crippen LogP contribution in [0.15, 0.2) is 35.1 Å². The number of hydrogen-bond donors (Lipinski definition) is 1. The normalized spacial score (nSPS) is 14.6. The van der Waals surface area contributed by atoms with E-state index in [0.29, 0.717) is 6.54 Å². The Morgan fingerprint density at radius 2 is 2.26 bits per heavy atom. The van der Waals surface area contributed by atoms with Crippen LogP contribution in [0.5, 0.6) is 0 Å². The summed E-state index contributed by atoms with van der Waals surface area (Å²) in [7, 11) is 2.03. The largest absolute Gasteiger partial charge is 0.361 e. The lowest BCUT2D eigenvalue weighted by Crippen LogP contribution is -2.37. The third-order valence-corrected chi connectivity index (χ3v) is 3.09. The molecule has 2 aromatic heterocycles. The molecule has 102 valence electrons. The van der Waals surface area contributed by atoms with Crippen molar-refractivity contribution in [3.63, 3.8) is 0 Å². The Morgan fingerprint density at radius 1 is 1.47 bits per heavy atom. The van der Waals surface area contributed by atoms with Gasteiger partial charge in [0.05, 0.1) is 11.7 Å². The van der Waals surface area contributed by atoms with Crippen molar-refractivity contribution in [2.24, 2.45) is 5.73 Å². The zero-order chi connectivity index (χ0) is 13.8. The molecule has 0 radical (unpaired) electrons. The van der Waals surface area contributed by atoms with E-state index in [1.165, 1.54) is 0 Å². The van der Waals surface area contributed by atoms with Crippen molar-refractivity contribution in [1.29, 1.82) is 0 Å². The number of nitrogens with two attached hydrogens (primary N) is 1. The highest BCUT2D eigenvalue weighted by Crippen LogP contribution is 2.23. The molecule has 0 saturated carbocycles. The highest BCUT2D eigenvalue weighted by molar-refractivity contribution is 5.16. The van der Waals surface area contributed by atoms with Crippen LogP contribution in [0.1, 0.15) is 30.0 Å². The summed E-state index contributed by atoms with van der Waals surface area (Å²) in [6.07, 6.45) is 3.63. The molecule has 0 bridgehead atoms. The lowest BCUT2D eigenvalue weighted by atomic mass is 10.0. The minimum absolute atomic E-state index is 0.00204. The third kappa shape index (κ3) is 3.39. The van der Waals surface area contributed by atoms with Gasteiger partial charge in [-0.15, -0.1) is 0 Å². The summed E-state index contributed by atoms with van der Waals surface area (Å²) >= 11 is 0. The molecule has 2 heterocycles. The first-order chi connectivity index (χ1) is 9.08. The molecule has 19 heavy (non-hydrogen) atoms. The average molecular weight is 260 g/mol. The summed E-state index contributed by atoms with van der Waals surface area (Å²) in [5.74, 6) is 0.821. The van der Waals surface area contributed by atoms with E-state index in [2.05, 4.69) is 15.0 Å². The maximum absolute atomic E-state index is 6.12. The molecule has 0 aliphatic rings. The molecule has 5 nitrogen and oxygen atoms in total. The van der Waals surface area contributed by atoms with Gasteiger partial charge < -0.3 is 10.3 Å². The first kappa shape index (κ1) is 13.7. The first-order valence-corrected chi connectivity index (χ1v) is 6.36. The van der Waals surface area contributed by atoms with Crippen molar-refractivity contribution in [2.75, 3.05) is 7.05 Å². The van der Waals surface area contributed by atoms with Crippen molar-refractivity contribution >= 4 is 0 Å². The van der Waals surface area contributed by atoms with Crippen molar-refractivity contribution in [2.45, 2.75) is 32.5 Å². The molecule has 2 unspecified atom stereocenters. The lowest BCUT2D eigenvalue weighted by Gasteiger charge is -2.30. The van der Waals surface area contributed by atoms with Crippen LogP contribution in [0.4, 0.5) is 0 Å². The van der Waals surface area contributed by atoms with Gasteiger partial charge in [0.1, 0.15) is 5.76 Å². The summed E-state index contributed by atoms with van der Waals surface area (Å²) < 4.78 is 5.09. The van der Waals surface area contributed by atoms with Crippen LogP contribution in [-0.2, 0) is 6.54 Å². The van der Waals surface area contributed by atoms with Gasteiger partial charge in [-0.25, -0.2) is 0 Å². The Labute approximate surface area is 113 Å². The van der Waals surface area contributed by atoms with Gasteiger partial charge in [-0.3, -0.25) is 9.88 Å². The Kier molecular flexibility index (Phi) is 4.29. The molecule has 0 aromatic carbocycles. The zero-order valence-corrected chi connectivity index (χ0v) is 11.6. The maximum Gasteiger partial charge on any atom is 0.133 e. The topological polar surface area (TPSA) is 68.2 Å². The molecule has 0 spiro atoms. The second kappa shape index (κ2) is 5.95. The number of aryl methyl sites for hydroxylation is 1. The summed E-state index contributed by atoms with van der Waals surface area (Å²) in [4.78, 5) is 6.33. The van der Waals surface area contributed by atoms with Gasteiger partial charge in [0.15, 0.2) is 0 Å². The molecule has 2 aromatic rings. The van der Waals surface area contributed by atoms with E-state index in [-0.39, 0.29) is 12.1 Å². The van der Waals surface area contributed by atoms with E-state index < -0.39 is 0 Å². The second-order valence-corrected chi connectivity index (χ2v) is 4.93. The first-order valence-electron chi connectivity index (χ1n) is 6.36. The minimum Gasteiger partial charge on any atom is -0.361 e. The van der Waals surface area contributed by atoms with Crippen molar-refractivity contribution in [1.82, 2.24) is 15.0 Å². The zero-order valence-electron chi connectivity index (χ0n) is 11.6. The van der Waals surface area contributed by atoms with Crippen LogP contribution in [0.3, 0.4) is 0 Å². The van der Waals surface area contributed by atoms with Crippen LogP contribution < -0.4 is 5.73 Å². The highest BCUT2D eigenvalue weighted by Gasteiger charge is 2.22. The predicted molar refractivity (Wildman–Crippen MR) is 73.3 cm³/mol. The van der Waals surface area contributed by atoms with Gasteiger partial charge in [0, 0.05) is 31.0 Å². The molecule has 5 heteroatoms. The van der Waals surface area contributed by atoms with Gasteiger partial charge in [0.2, 0.25) is 0 Å². The summed E-state index contributed by atoms with van der Waals surface area (Å²) in [5, 5.41) is 4.02. The van der Waals surface area contributed by atoms with E-state index in [4.69, 9.17) is 10.3 Å². The quantitative estimate of drug-likeness (QED) is 0.889. The fourth-order valence-electron chi connectivity index (χ4n) is 2.36. The molecule has 0 aliphatic heterocycles. The molecule has 0 amide bonds. The van der Waals surface area contributed by atoms with Gasteiger partial charge in [-0.05, 0) is 32.5 Å². The standard InChI is InChI=1S/C14H20N4O/c1-10-7-13(17-19-10)9-18(3)14(11(2)15)12-5-4-6-16-8-12/h4-8,11,14H,9,15H2,1-3H3. The van der Waals surface area contributed by atoms with Gasteiger partial charge in [0.25, 0.3) is 0 Å². The molecule has 0 saturated heterocycles. The molecular weight excluding hydrogens is 240 g/mol. The SMILES string of the molecule is Cc1cc(CN(C)C(c2cccnc2)C(C)N)no1. The molecular formula is C14H20N4O. The smallest absolute Gasteiger partial charge is 0.133 e. The number of pyridine rings is 1. The number of rotatable bonds is 5. The summed E-state index contributed by atoms with van der Waals surface area (Å²) in [5.41, 5.74) is 8.14. The molecule has 2 rings (SSSR count). The van der Waals surface area contributed by atoms with Crippen LogP contribution in [-0.4, -0.2) is 28.1 Å². The fraction of sp³-hybridized carbons (Fsp3) is 0.429. The molecule has 0 aliphatic carbocycles. The third-order valence-electron chi connectivity index (χ3n) is 3.09. The predicted octanol–water partition coefficient (Wildman–Crippen LogP) is 1.90. The summed E-state index contributed by atoms with van der Waals surface area (Å²) in [6, 6.07) is 6.02. The number of hydrogen-bond acceptors (Lipinski definition) is 5. The molecule has 2 N–H and O–H groups in total. The van der Waals surface area contributed by atoms with Crippen LogP contribution in [0.2, 0.25) is 0 Å². The van der Waals surface area contributed by atoms with Crippen LogP contribution in [0.25, 0.3) is 0 Å². The highest BCUT2D eigenvalue weighted by atomic mass is 16.5. The monoisotopic (exact) mass is 260 g/mol. The number of nitrogens with zero attached hydrogens (tertiary/aromatic N) is 3. The van der Waals surface area contributed by atoms with Crippen molar-refractivity contribution < 1.29 is 4.52 Å². The fourth-order valence-corrected chi connectivity index (χ4v) is 2.36. The Hall–Kier alpha value is -1.72. The lowest BCUT2D eigenvalue weighted by molar-refractivity contribution is 0.205. The van der Waals surface area contributed by atoms with Crippen LogP contribution in [0, 0.1) is 6.92 Å². The average Bonchev–Trinajstić information content (AvgIpc) is 2.75. The van der Waals surface area contributed by atoms with E-state index in [1.807, 2.05) is 45.3 Å². The van der Waals surface area contributed by atoms with Crippen molar-refractivity contribution in [3.8, 4) is 0 Å². The second-order valence-electron chi connectivity index (χ2n) is 4.93. The Bertz CT molecular complexity index is 509. The number of aromatic nitrogens is 2. The van der Waals surface area contributed by atoms with Gasteiger partial charge in [-0.2, -0.15) is 0 Å². The number of likely N-dealkylation sites (N-methyl/N-ethyl adjacent to an activating group) is 1. The minimum atomic E-state index is 0.00204. The van der Waals surface area contributed by atoms with E-state index in [1.54, 1.807) is 6.20 Å². The maximum atomic E-state index is 6.12. The molecule has 2 atom stereocenters. The van der Waals surface area contributed by atoms with Gasteiger partial charge >= 0.3 is 0 Å². The van der Waals surface area contributed by atoms with E-state index in [0.717, 1.165) is 17.0 Å². The molecule has 0 fully saturated rings.